The highest BCUT2D eigenvalue weighted by Crippen LogP contribution is 2.42. The maximum absolute atomic E-state index is 8.82. The summed E-state index contributed by atoms with van der Waals surface area (Å²) in [5.74, 6) is 10.1. The zero-order valence-corrected chi connectivity index (χ0v) is 16.8. The van der Waals surface area contributed by atoms with Gasteiger partial charge in [-0.3, -0.25) is 0 Å². The van der Waals surface area contributed by atoms with Crippen LogP contribution in [0.4, 0.5) is 0 Å². The fraction of sp³-hybridized carbons (Fsp3) is 0.577. The third-order valence-electron chi connectivity index (χ3n) is 6.75. The van der Waals surface area contributed by atoms with Gasteiger partial charge in [0.1, 0.15) is 0 Å². The highest BCUT2D eigenvalue weighted by Gasteiger charge is 2.29. The Hall–Kier alpha value is -1.99. The van der Waals surface area contributed by atoms with Crippen molar-refractivity contribution < 1.29 is 0 Å². The number of rotatable bonds is 4. The van der Waals surface area contributed by atoms with Crippen molar-refractivity contribution >= 4 is 0 Å². The van der Waals surface area contributed by atoms with Crippen molar-refractivity contribution in [2.75, 3.05) is 0 Å². The van der Waals surface area contributed by atoms with Gasteiger partial charge in [0.25, 0.3) is 0 Å². The lowest BCUT2D eigenvalue weighted by Gasteiger charge is -2.37. The lowest BCUT2D eigenvalue weighted by molar-refractivity contribution is 0.152. The molecular formula is C26H33N. The van der Waals surface area contributed by atoms with Gasteiger partial charge in [0.15, 0.2) is 0 Å². The van der Waals surface area contributed by atoms with Crippen molar-refractivity contribution in [1.82, 2.24) is 0 Å². The van der Waals surface area contributed by atoms with Crippen LogP contribution in [0.3, 0.4) is 0 Å². The van der Waals surface area contributed by atoms with Crippen LogP contribution in [0.1, 0.15) is 82.3 Å². The Kier molecular flexibility index (Phi) is 7.59. The first-order valence-corrected chi connectivity index (χ1v) is 11.0. The highest BCUT2D eigenvalue weighted by atomic mass is 14.3. The molecule has 0 N–H and O–H groups in total. The van der Waals surface area contributed by atoms with Crippen LogP contribution in [0, 0.1) is 46.8 Å². The molecule has 0 unspecified atom stereocenters. The summed E-state index contributed by atoms with van der Waals surface area (Å²) < 4.78 is 0. The minimum Gasteiger partial charge on any atom is -0.192 e. The van der Waals surface area contributed by atoms with E-state index in [0.29, 0.717) is 11.5 Å². The van der Waals surface area contributed by atoms with E-state index in [1.165, 1.54) is 64.2 Å². The fourth-order valence-electron chi connectivity index (χ4n) is 5.10. The Morgan fingerprint density at radius 2 is 1.48 bits per heavy atom. The topological polar surface area (TPSA) is 23.8 Å². The van der Waals surface area contributed by atoms with E-state index in [1.54, 1.807) is 0 Å². The minimum atomic E-state index is 0.687. The van der Waals surface area contributed by atoms with Crippen LogP contribution in [0.5, 0.6) is 0 Å². The van der Waals surface area contributed by atoms with E-state index in [1.807, 2.05) is 30.3 Å². The largest absolute Gasteiger partial charge is 0.192 e. The second-order valence-electron chi connectivity index (χ2n) is 8.56. The first-order valence-electron chi connectivity index (χ1n) is 11.0. The first-order chi connectivity index (χ1) is 13.3. The molecule has 1 aromatic carbocycles. The van der Waals surface area contributed by atoms with Gasteiger partial charge in [0, 0.05) is 5.56 Å². The molecule has 3 rings (SSSR count). The summed E-state index contributed by atoms with van der Waals surface area (Å²) in [5, 5.41) is 8.82. The Morgan fingerprint density at radius 3 is 2.07 bits per heavy atom. The molecule has 2 saturated carbocycles. The molecule has 2 aliphatic carbocycles. The first kappa shape index (κ1) is 19.8. The summed E-state index contributed by atoms with van der Waals surface area (Å²) in [6.45, 7) is 2.33. The van der Waals surface area contributed by atoms with Gasteiger partial charge in [-0.15, -0.1) is 0 Å². The SMILES string of the molecule is CCC[C@H]1CC[C@H](C2CCC(C=CC#Cc3ccc(C#N)cc3)CC2)CC1. The molecule has 1 heteroatoms. The molecule has 1 aromatic rings. The molecule has 2 aliphatic rings. The summed E-state index contributed by atoms with van der Waals surface area (Å²) in [6, 6.07) is 9.62. The van der Waals surface area contributed by atoms with E-state index in [4.69, 9.17) is 5.26 Å². The van der Waals surface area contributed by atoms with Crippen LogP contribution in [-0.4, -0.2) is 0 Å². The highest BCUT2D eigenvalue weighted by molar-refractivity contribution is 5.41. The van der Waals surface area contributed by atoms with Crippen LogP contribution in [0.2, 0.25) is 0 Å². The van der Waals surface area contributed by atoms with Gasteiger partial charge in [-0.25, -0.2) is 0 Å². The molecule has 2 fully saturated rings. The van der Waals surface area contributed by atoms with Crippen molar-refractivity contribution in [3.63, 3.8) is 0 Å². The molecule has 0 amide bonds. The van der Waals surface area contributed by atoms with Crippen LogP contribution < -0.4 is 0 Å². The monoisotopic (exact) mass is 359 g/mol. The third kappa shape index (κ3) is 6.01. The Balaban J connectivity index is 1.40. The maximum atomic E-state index is 8.82. The average molecular weight is 360 g/mol. The van der Waals surface area contributed by atoms with Crippen molar-refractivity contribution in [2.24, 2.45) is 23.7 Å². The molecule has 0 aliphatic heterocycles. The van der Waals surface area contributed by atoms with Gasteiger partial charge in [-0.2, -0.15) is 5.26 Å². The molecule has 0 saturated heterocycles. The summed E-state index contributed by atoms with van der Waals surface area (Å²) in [5.41, 5.74) is 1.66. The molecule has 0 bridgehead atoms. The lowest BCUT2D eigenvalue weighted by atomic mass is 9.69. The van der Waals surface area contributed by atoms with Crippen LogP contribution >= 0.6 is 0 Å². The number of allylic oxidation sites excluding steroid dienone is 2. The van der Waals surface area contributed by atoms with E-state index in [0.717, 1.165) is 23.3 Å². The zero-order chi connectivity index (χ0) is 18.9. The molecule has 0 heterocycles. The maximum Gasteiger partial charge on any atom is 0.0991 e. The summed E-state index contributed by atoms with van der Waals surface area (Å²) >= 11 is 0. The predicted molar refractivity (Wildman–Crippen MR) is 113 cm³/mol. The number of benzene rings is 1. The van der Waals surface area contributed by atoms with E-state index in [2.05, 4.69) is 30.9 Å². The third-order valence-corrected chi connectivity index (χ3v) is 6.75. The number of hydrogen-bond acceptors (Lipinski definition) is 1. The van der Waals surface area contributed by atoms with Gasteiger partial charge in [-0.1, -0.05) is 50.5 Å². The smallest absolute Gasteiger partial charge is 0.0991 e. The van der Waals surface area contributed by atoms with Gasteiger partial charge in [0.05, 0.1) is 11.6 Å². The zero-order valence-electron chi connectivity index (χ0n) is 16.8. The van der Waals surface area contributed by atoms with Crippen LogP contribution in [-0.2, 0) is 0 Å². The van der Waals surface area contributed by atoms with Crippen molar-refractivity contribution in [3.8, 4) is 17.9 Å². The predicted octanol–water partition coefficient (Wildman–Crippen LogP) is 6.88. The number of nitrogens with zero attached hydrogens (tertiary/aromatic N) is 1. The van der Waals surface area contributed by atoms with E-state index in [-0.39, 0.29) is 0 Å². The van der Waals surface area contributed by atoms with Gasteiger partial charge < -0.3 is 0 Å². The quantitative estimate of drug-likeness (QED) is 0.538. The Labute approximate surface area is 165 Å². The van der Waals surface area contributed by atoms with Crippen LogP contribution in [0.15, 0.2) is 36.4 Å². The Morgan fingerprint density at radius 1 is 0.889 bits per heavy atom. The molecule has 142 valence electrons. The second-order valence-corrected chi connectivity index (χ2v) is 8.56. The van der Waals surface area contributed by atoms with E-state index >= 15 is 0 Å². The van der Waals surface area contributed by atoms with Crippen molar-refractivity contribution in [3.05, 3.63) is 47.5 Å². The van der Waals surface area contributed by atoms with Crippen molar-refractivity contribution in [2.45, 2.75) is 71.1 Å². The fourth-order valence-corrected chi connectivity index (χ4v) is 5.10. The normalized spacial score (nSPS) is 28.3. The molecule has 0 aromatic heterocycles. The summed E-state index contributed by atoms with van der Waals surface area (Å²) in [4.78, 5) is 0. The Bertz CT molecular complexity index is 693. The average Bonchev–Trinajstić information content (AvgIpc) is 2.73. The van der Waals surface area contributed by atoms with Crippen molar-refractivity contribution in [1.29, 1.82) is 5.26 Å². The summed E-state index contributed by atoms with van der Waals surface area (Å²) in [7, 11) is 0. The molecule has 0 atom stereocenters. The van der Waals surface area contributed by atoms with Gasteiger partial charge in [-0.05, 0) is 92.5 Å². The molecule has 0 spiro atoms. The van der Waals surface area contributed by atoms with Crippen LogP contribution in [0.25, 0.3) is 0 Å². The van der Waals surface area contributed by atoms with E-state index < -0.39 is 0 Å². The number of nitriles is 1. The molecular weight excluding hydrogens is 326 g/mol. The van der Waals surface area contributed by atoms with E-state index in [9.17, 15) is 0 Å². The molecule has 27 heavy (non-hydrogen) atoms. The molecule has 1 nitrogen and oxygen atoms in total. The summed E-state index contributed by atoms with van der Waals surface area (Å²) in [6.07, 6.45) is 18.7. The van der Waals surface area contributed by atoms with Gasteiger partial charge >= 0.3 is 0 Å². The lowest BCUT2D eigenvalue weighted by Crippen LogP contribution is -2.25. The standard InChI is InChI=1S/C26H33N/c1-2-5-21-12-16-25(17-13-21)26-18-14-23(15-19-26)7-4-3-6-22-8-10-24(20-27)11-9-22/h4,7-11,21,23,25-26H,2,5,12-19H2,1H3/t21-,23?,25-,26?. The number of hydrogen-bond donors (Lipinski definition) is 0. The minimum absolute atomic E-state index is 0.687. The molecule has 0 radical (unpaired) electrons. The van der Waals surface area contributed by atoms with Gasteiger partial charge in [0.2, 0.25) is 0 Å². The second kappa shape index (κ2) is 10.4.